The van der Waals surface area contributed by atoms with E-state index < -0.39 is 11.4 Å². The molecule has 0 unspecified atom stereocenters. The molecule has 0 aliphatic heterocycles. The Morgan fingerprint density at radius 2 is 1.71 bits per heavy atom. The molecule has 0 spiro atoms. The van der Waals surface area contributed by atoms with E-state index in [0.717, 1.165) is 32.4 Å². The van der Waals surface area contributed by atoms with Gasteiger partial charge in [0.2, 0.25) is 0 Å². The van der Waals surface area contributed by atoms with E-state index in [1.807, 2.05) is 54.6 Å². The minimum absolute atomic E-state index is 0.166. The Labute approximate surface area is 282 Å². The number of aliphatic carboxylic acids is 1. The molecule has 0 atom stereocenters. The zero-order valence-corrected chi connectivity index (χ0v) is 28.4. The maximum Gasteiger partial charge on any atom is 0.309 e. The maximum atomic E-state index is 14.4. The first-order valence-electron chi connectivity index (χ1n) is 15.7. The highest BCUT2D eigenvalue weighted by Gasteiger charge is 2.33. The van der Waals surface area contributed by atoms with Crippen molar-refractivity contribution >= 4 is 39.5 Å². The van der Waals surface area contributed by atoms with Crippen LogP contribution in [0.3, 0.4) is 0 Å². The van der Waals surface area contributed by atoms with Crippen molar-refractivity contribution in [3.05, 3.63) is 120 Å². The average molecular weight is 666 g/mol. The van der Waals surface area contributed by atoms with Crippen molar-refractivity contribution in [2.45, 2.75) is 63.8 Å². The molecule has 0 aliphatic rings. The smallest absolute Gasteiger partial charge is 0.309 e. The van der Waals surface area contributed by atoms with Crippen molar-refractivity contribution in [3.63, 3.8) is 0 Å². The summed E-state index contributed by atoms with van der Waals surface area (Å²) in [5.74, 6) is -0.904. The van der Waals surface area contributed by atoms with Gasteiger partial charge in [0, 0.05) is 56.4 Å². The number of carbonyl (C=O) groups is 1. The second kappa shape index (κ2) is 13.0. The Kier molecular flexibility index (Phi) is 9.00. The van der Waals surface area contributed by atoms with Crippen LogP contribution in [-0.2, 0) is 24.4 Å². The number of ether oxygens (including phenoxy) is 1. The zero-order valence-electron chi connectivity index (χ0n) is 27.6. The summed E-state index contributed by atoms with van der Waals surface area (Å²) in [7, 11) is 0. The average Bonchev–Trinajstić information content (AvgIpc) is 3.29. The third-order valence-electron chi connectivity index (χ3n) is 8.11. The molecule has 6 aromatic rings. The molecule has 3 aromatic carbocycles. The maximum absolute atomic E-state index is 14.4. The lowest BCUT2D eigenvalue weighted by atomic mass is 9.88. The summed E-state index contributed by atoms with van der Waals surface area (Å²) in [6.45, 7) is 10.6. The van der Waals surface area contributed by atoms with Gasteiger partial charge in [-0.2, -0.15) is 0 Å². The van der Waals surface area contributed by atoms with Gasteiger partial charge in [0.15, 0.2) is 0 Å². The second-order valence-corrected chi connectivity index (χ2v) is 15.4. The van der Waals surface area contributed by atoms with Crippen LogP contribution in [0.4, 0.5) is 8.78 Å². The van der Waals surface area contributed by atoms with E-state index in [0.29, 0.717) is 41.2 Å². The highest BCUT2D eigenvalue weighted by atomic mass is 32.2. The Morgan fingerprint density at radius 3 is 2.42 bits per heavy atom. The van der Waals surface area contributed by atoms with Gasteiger partial charge in [0.1, 0.15) is 29.7 Å². The summed E-state index contributed by atoms with van der Waals surface area (Å²) in [6, 6.07) is 24.7. The van der Waals surface area contributed by atoms with Crippen molar-refractivity contribution in [2.75, 3.05) is 0 Å². The number of carboxylic acid groups (broad SMARTS) is 1. The zero-order chi connectivity index (χ0) is 34.2. The fourth-order valence-corrected chi connectivity index (χ4v) is 6.83. The number of hydrogen-bond acceptors (Lipinski definition) is 5. The van der Waals surface area contributed by atoms with Crippen LogP contribution in [0.1, 0.15) is 51.6 Å². The van der Waals surface area contributed by atoms with E-state index in [9.17, 15) is 18.7 Å². The number of aromatic nitrogens is 3. The van der Waals surface area contributed by atoms with Crippen molar-refractivity contribution in [1.29, 1.82) is 0 Å². The molecule has 0 fully saturated rings. The van der Waals surface area contributed by atoms with Crippen LogP contribution in [0.2, 0.25) is 0 Å². The molecule has 0 radical (unpaired) electrons. The molecular formula is C39H37F2N3O3S. The van der Waals surface area contributed by atoms with Crippen molar-refractivity contribution in [3.8, 4) is 17.0 Å². The van der Waals surface area contributed by atoms with Gasteiger partial charge >= 0.3 is 5.97 Å². The van der Waals surface area contributed by atoms with Crippen LogP contribution in [0.25, 0.3) is 33.1 Å². The van der Waals surface area contributed by atoms with Crippen molar-refractivity contribution in [1.82, 2.24) is 14.5 Å². The molecule has 0 aliphatic carbocycles. The number of pyridine rings is 2. The number of fused-ring (bicyclic) bond motifs is 2. The molecule has 0 saturated heterocycles. The van der Waals surface area contributed by atoms with E-state index in [2.05, 4.69) is 35.3 Å². The Morgan fingerprint density at radius 1 is 0.938 bits per heavy atom. The Hall–Kier alpha value is -4.76. The first kappa shape index (κ1) is 33.2. The normalized spacial score (nSPS) is 12.1. The summed E-state index contributed by atoms with van der Waals surface area (Å²) in [5.41, 5.74) is 4.23. The van der Waals surface area contributed by atoms with Gasteiger partial charge in [-0.1, -0.05) is 51.1 Å². The first-order chi connectivity index (χ1) is 22.8. The van der Waals surface area contributed by atoms with E-state index in [4.69, 9.17) is 4.74 Å². The van der Waals surface area contributed by atoms with E-state index >= 15 is 0 Å². The number of rotatable bonds is 10. The number of hydrogen-bond donors (Lipinski definition) is 1. The molecule has 1 N–H and O–H groups in total. The van der Waals surface area contributed by atoms with Crippen LogP contribution in [0.5, 0.6) is 5.75 Å². The number of thioether (sulfide) groups is 1. The molecule has 0 amide bonds. The lowest BCUT2D eigenvalue weighted by Crippen LogP contribution is -2.28. The van der Waals surface area contributed by atoms with Gasteiger partial charge in [-0.05, 0) is 74.0 Å². The number of nitrogens with zero attached hydrogens (tertiary/aromatic N) is 3. The van der Waals surface area contributed by atoms with Crippen LogP contribution >= 0.6 is 11.8 Å². The lowest BCUT2D eigenvalue weighted by molar-refractivity contribution is -0.146. The van der Waals surface area contributed by atoms with Crippen molar-refractivity contribution < 1.29 is 23.4 Å². The molecule has 3 heterocycles. The Balaban J connectivity index is 1.40. The standard InChI is InChI=1S/C39H37F2N3O3S/c1-38(2,3)48-36-30-20-29(47-23-28-14-12-26-19-27(40)13-16-32(26)43-28)15-17-33(30)44(34(36)21-39(4,5)37(45)46)22-24-8-10-25(11-9-24)35-31(41)7-6-18-42-35/h6-20H,21-23H2,1-5H3,(H,45,46). The molecule has 246 valence electrons. The summed E-state index contributed by atoms with van der Waals surface area (Å²) >= 11 is 1.71. The molecular weight excluding hydrogens is 629 g/mol. The van der Waals surface area contributed by atoms with Crippen LogP contribution in [-0.4, -0.2) is 30.4 Å². The van der Waals surface area contributed by atoms with Gasteiger partial charge in [-0.25, -0.2) is 13.8 Å². The minimum Gasteiger partial charge on any atom is -0.487 e. The highest BCUT2D eigenvalue weighted by molar-refractivity contribution is 8.00. The van der Waals surface area contributed by atoms with E-state index in [1.165, 1.54) is 18.2 Å². The fraction of sp³-hybridized carbons (Fsp3) is 0.256. The van der Waals surface area contributed by atoms with Gasteiger partial charge in [-0.3, -0.25) is 9.78 Å². The van der Waals surface area contributed by atoms with E-state index in [-0.39, 0.29) is 23.0 Å². The first-order valence-corrected chi connectivity index (χ1v) is 16.5. The van der Waals surface area contributed by atoms with E-state index in [1.54, 1.807) is 43.9 Å². The number of halogens is 2. The summed E-state index contributed by atoms with van der Waals surface area (Å²) in [6.07, 6.45) is 1.88. The quantitative estimate of drug-likeness (QED) is 0.147. The van der Waals surface area contributed by atoms with Gasteiger partial charge in [0.05, 0.1) is 16.6 Å². The van der Waals surface area contributed by atoms with Crippen LogP contribution in [0.15, 0.2) is 96.0 Å². The molecule has 0 saturated carbocycles. The molecule has 9 heteroatoms. The summed E-state index contributed by atoms with van der Waals surface area (Å²) in [5, 5.41) is 11.8. The predicted molar refractivity (Wildman–Crippen MR) is 187 cm³/mol. The topological polar surface area (TPSA) is 77.2 Å². The van der Waals surface area contributed by atoms with Gasteiger partial charge in [0.25, 0.3) is 0 Å². The second-order valence-electron chi connectivity index (χ2n) is 13.6. The largest absolute Gasteiger partial charge is 0.487 e. The van der Waals surface area contributed by atoms with Crippen molar-refractivity contribution in [2.24, 2.45) is 5.41 Å². The number of carboxylic acids is 1. The third kappa shape index (κ3) is 7.21. The van der Waals surface area contributed by atoms with Gasteiger partial charge < -0.3 is 14.4 Å². The molecule has 0 bridgehead atoms. The summed E-state index contributed by atoms with van der Waals surface area (Å²) in [4.78, 5) is 22.2. The number of benzene rings is 3. The minimum atomic E-state index is -1.02. The van der Waals surface area contributed by atoms with Gasteiger partial charge in [-0.15, -0.1) is 11.8 Å². The predicted octanol–water partition coefficient (Wildman–Crippen LogP) is 9.70. The lowest BCUT2D eigenvalue weighted by Gasteiger charge is -2.24. The molecule has 6 nitrogen and oxygen atoms in total. The van der Waals surface area contributed by atoms with Crippen LogP contribution in [0, 0.1) is 17.0 Å². The SMILES string of the molecule is CC(C)(C)Sc1c(CC(C)(C)C(=O)O)n(Cc2ccc(-c3ncccc3F)cc2)c2ccc(OCc3ccc4cc(F)ccc4n3)cc12. The highest BCUT2D eigenvalue weighted by Crippen LogP contribution is 2.44. The van der Waals surface area contributed by atoms with Crippen LogP contribution < -0.4 is 4.74 Å². The summed E-state index contributed by atoms with van der Waals surface area (Å²) < 4.78 is 36.3. The molecule has 3 aromatic heterocycles. The monoisotopic (exact) mass is 665 g/mol. The third-order valence-corrected chi connectivity index (χ3v) is 9.38. The molecule has 48 heavy (non-hydrogen) atoms. The molecule has 6 rings (SSSR count). The fourth-order valence-electron chi connectivity index (χ4n) is 5.64. The Bertz CT molecular complexity index is 2140.